The van der Waals surface area contributed by atoms with Crippen LogP contribution in [-0.2, 0) is 13.0 Å². The Kier molecular flexibility index (Phi) is 1.49. The van der Waals surface area contributed by atoms with Crippen molar-refractivity contribution in [3.8, 4) is 0 Å². The lowest BCUT2D eigenvalue weighted by Crippen LogP contribution is -2.35. The van der Waals surface area contributed by atoms with Gasteiger partial charge in [-0.1, -0.05) is 6.58 Å². The summed E-state index contributed by atoms with van der Waals surface area (Å²) in [6.45, 7) is 5.74. The first-order chi connectivity index (χ1) is 6.86. The normalized spacial score (nSPS) is 17.4. The number of hydrogen-bond acceptors (Lipinski definition) is 5. The quantitative estimate of drug-likeness (QED) is 0.470. The Labute approximate surface area is 80.9 Å². The Morgan fingerprint density at radius 3 is 3.21 bits per heavy atom. The molecule has 3 rings (SSSR count). The second-order valence-electron chi connectivity index (χ2n) is 3.48. The molecule has 0 amide bonds. The summed E-state index contributed by atoms with van der Waals surface area (Å²) in [5.74, 6) is 0. The molecule has 2 aliphatic rings. The van der Waals surface area contributed by atoms with E-state index in [-0.39, 0.29) is 0 Å². The maximum Gasteiger partial charge on any atom is 0.135 e. The van der Waals surface area contributed by atoms with Crippen LogP contribution in [0, 0.1) is 0 Å². The topological polar surface area (TPSA) is 61.3 Å². The molecule has 5 heteroatoms. The van der Waals surface area contributed by atoms with E-state index in [1.807, 2.05) is 0 Å². The van der Waals surface area contributed by atoms with E-state index in [9.17, 15) is 0 Å². The highest BCUT2D eigenvalue weighted by Gasteiger charge is 2.18. The highest BCUT2D eigenvalue weighted by atomic mass is 15.6. The van der Waals surface area contributed by atoms with Gasteiger partial charge < -0.3 is 5.32 Å². The molecule has 5 nitrogen and oxygen atoms in total. The van der Waals surface area contributed by atoms with Gasteiger partial charge in [-0.05, 0) is 0 Å². The van der Waals surface area contributed by atoms with Crippen molar-refractivity contribution in [3.63, 3.8) is 0 Å². The van der Waals surface area contributed by atoms with Crippen LogP contribution in [0.1, 0.15) is 11.3 Å². The lowest BCUT2D eigenvalue weighted by Gasteiger charge is -2.17. The van der Waals surface area contributed by atoms with Crippen molar-refractivity contribution in [2.45, 2.75) is 13.0 Å². The zero-order valence-corrected chi connectivity index (χ0v) is 7.72. The summed E-state index contributed by atoms with van der Waals surface area (Å²) in [5.41, 5.74) is 9.17. The van der Waals surface area contributed by atoms with Crippen molar-refractivity contribution < 1.29 is 0 Å². The van der Waals surface area contributed by atoms with Crippen molar-refractivity contribution in [3.05, 3.63) is 22.0 Å². The van der Waals surface area contributed by atoms with Gasteiger partial charge in [0.15, 0.2) is 0 Å². The lowest BCUT2D eigenvalue weighted by molar-refractivity contribution is 0.629. The summed E-state index contributed by atoms with van der Waals surface area (Å²) in [5, 5.41) is 9.00. The second-order valence-corrected chi connectivity index (χ2v) is 3.48. The van der Waals surface area contributed by atoms with Gasteiger partial charge >= 0.3 is 0 Å². The zero-order valence-electron chi connectivity index (χ0n) is 7.72. The fourth-order valence-electron chi connectivity index (χ4n) is 1.93. The summed E-state index contributed by atoms with van der Waals surface area (Å²) in [6.07, 6.45) is 0.965. The van der Waals surface area contributed by atoms with Crippen LogP contribution in [0.3, 0.4) is 0 Å². The monoisotopic (exact) mass is 189 g/mol. The fourth-order valence-corrected chi connectivity index (χ4v) is 1.93. The molecule has 2 aliphatic heterocycles. The van der Waals surface area contributed by atoms with Crippen molar-refractivity contribution in [2.24, 2.45) is 5.10 Å². The number of nitrogens with one attached hydrogen (secondary N) is 3. The first kappa shape index (κ1) is 7.75. The van der Waals surface area contributed by atoms with E-state index in [2.05, 4.69) is 32.9 Å². The van der Waals surface area contributed by atoms with Gasteiger partial charge in [0.25, 0.3) is 0 Å². The van der Waals surface area contributed by atoms with Crippen LogP contribution in [-0.4, -0.2) is 11.5 Å². The predicted molar refractivity (Wildman–Crippen MR) is 52.7 cm³/mol. The molecule has 0 saturated heterocycles. The molecule has 0 fully saturated rings. The molecule has 3 heterocycles. The average molecular weight is 189 g/mol. The number of rotatable bonds is 0. The van der Waals surface area contributed by atoms with E-state index in [0.29, 0.717) is 0 Å². The van der Waals surface area contributed by atoms with Crippen LogP contribution >= 0.6 is 0 Å². The van der Waals surface area contributed by atoms with Crippen LogP contribution in [0.4, 0.5) is 5.69 Å². The maximum absolute atomic E-state index is 4.46. The molecule has 1 aromatic rings. The van der Waals surface area contributed by atoms with Crippen LogP contribution in [0.25, 0.3) is 6.58 Å². The molecule has 72 valence electrons. The molecule has 0 bridgehead atoms. The van der Waals surface area contributed by atoms with Crippen molar-refractivity contribution in [1.29, 1.82) is 0 Å². The number of hydrazine groups is 1. The molecule has 1 aromatic heterocycles. The average Bonchev–Trinajstić information content (AvgIpc) is 2.67. The Bertz CT molecular complexity index is 493. The SMILES string of the molecule is C=c1nc2c(c3c1=NNN3)CNCC2. The molecule has 0 spiro atoms. The predicted octanol–water partition coefficient (Wildman–Crippen LogP) is -1.40. The largest absolute Gasteiger partial charge is 0.312 e. The molecule has 0 saturated carbocycles. The number of anilines is 1. The van der Waals surface area contributed by atoms with E-state index < -0.39 is 0 Å². The summed E-state index contributed by atoms with van der Waals surface area (Å²) < 4.78 is 0. The van der Waals surface area contributed by atoms with Gasteiger partial charge in [0.2, 0.25) is 0 Å². The Morgan fingerprint density at radius 2 is 2.29 bits per heavy atom. The van der Waals surface area contributed by atoms with Gasteiger partial charge in [-0.2, -0.15) is 5.10 Å². The highest BCUT2D eigenvalue weighted by Crippen LogP contribution is 2.16. The number of pyridine rings is 1. The standard InChI is InChI=1S/C9H11N5/c1-5-8-9(13-14-12-8)6-4-10-3-2-7(6)11-5/h10,13-14H,1-4H2. The van der Waals surface area contributed by atoms with Crippen molar-refractivity contribution in [2.75, 3.05) is 12.0 Å². The van der Waals surface area contributed by atoms with E-state index >= 15 is 0 Å². The van der Waals surface area contributed by atoms with Gasteiger partial charge in [-0.3, -0.25) is 10.4 Å². The summed E-state index contributed by atoms with van der Waals surface area (Å²) in [4.78, 5) is 4.46. The number of nitrogens with zero attached hydrogens (tertiary/aromatic N) is 2. The van der Waals surface area contributed by atoms with Crippen molar-refractivity contribution in [1.82, 2.24) is 15.8 Å². The minimum absolute atomic E-state index is 0.748. The smallest absolute Gasteiger partial charge is 0.135 e. The maximum atomic E-state index is 4.46. The van der Waals surface area contributed by atoms with Gasteiger partial charge in [0.1, 0.15) is 5.36 Å². The Morgan fingerprint density at radius 1 is 1.36 bits per heavy atom. The summed E-state index contributed by atoms with van der Waals surface area (Å²) >= 11 is 0. The molecule has 0 radical (unpaired) electrons. The van der Waals surface area contributed by atoms with Gasteiger partial charge in [-0.15, -0.1) is 0 Å². The van der Waals surface area contributed by atoms with E-state index in [1.165, 1.54) is 5.56 Å². The van der Waals surface area contributed by atoms with Crippen LogP contribution in [0.15, 0.2) is 5.10 Å². The van der Waals surface area contributed by atoms with Gasteiger partial charge in [0.05, 0.1) is 11.0 Å². The molecule has 0 unspecified atom stereocenters. The molecule has 0 aliphatic carbocycles. The first-order valence-corrected chi connectivity index (χ1v) is 4.66. The Balaban J connectivity index is 2.35. The molecule has 14 heavy (non-hydrogen) atoms. The minimum atomic E-state index is 0.748. The lowest BCUT2D eigenvalue weighted by atomic mass is 10.1. The fraction of sp³-hybridized carbons (Fsp3) is 0.333. The Hall–Kier alpha value is -1.62. The number of aromatic nitrogens is 1. The number of fused-ring (bicyclic) bond motifs is 3. The van der Waals surface area contributed by atoms with Gasteiger partial charge in [-0.25, -0.2) is 5.53 Å². The third-order valence-electron chi connectivity index (χ3n) is 2.62. The van der Waals surface area contributed by atoms with Gasteiger partial charge in [0, 0.05) is 30.8 Å². The third kappa shape index (κ3) is 0.927. The molecule has 0 atom stereocenters. The highest BCUT2D eigenvalue weighted by molar-refractivity contribution is 5.53. The second kappa shape index (κ2) is 2.68. The van der Waals surface area contributed by atoms with E-state index in [1.54, 1.807) is 0 Å². The minimum Gasteiger partial charge on any atom is -0.312 e. The van der Waals surface area contributed by atoms with Crippen LogP contribution < -0.4 is 27.0 Å². The third-order valence-corrected chi connectivity index (χ3v) is 2.62. The van der Waals surface area contributed by atoms with E-state index in [4.69, 9.17) is 0 Å². The molecule has 3 N–H and O–H groups in total. The van der Waals surface area contributed by atoms with E-state index in [0.717, 1.165) is 41.6 Å². The molecule has 0 aromatic carbocycles. The summed E-state index contributed by atoms with van der Waals surface area (Å²) in [7, 11) is 0. The van der Waals surface area contributed by atoms with Crippen molar-refractivity contribution >= 4 is 12.3 Å². The zero-order chi connectivity index (χ0) is 9.54. The molecular formula is C9H11N5. The summed E-state index contributed by atoms with van der Waals surface area (Å²) in [6, 6.07) is 0. The molecular weight excluding hydrogens is 178 g/mol. The van der Waals surface area contributed by atoms with Crippen LogP contribution in [0.5, 0.6) is 0 Å². The number of hydrogen-bond donors (Lipinski definition) is 3. The first-order valence-electron chi connectivity index (χ1n) is 4.66. The van der Waals surface area contributed by atoms with Crippen LogP contribution in [0.2, 0.25) is 0 Å².